The maximum atomic E-state index is 12.9. The van der Waals surface area contributed by atoms with Crippen molar-refractivity contribution in [2.24, 2.45) is 0 Å². The van der Waals surface area contributed by atoms with Crippen molar-refractivity contribution in [2.75, 3.05) is 46.4 Å². The summed E-state index contributed by atoms with van der Waals surface area (Å²) in [5.41, 5.74) is 2.26. The van der Waals surface area contributed by atoms with Crippen LogP contribution in [0.5, 0.6) is 0 Å². The number of hydrogen-bond donors (Lipinski definition) is 0. The predicted molar refractivity (Wildman–Crippen MR) is 109 cm³/mol. The van der Waals surface area contributed by atoms with E-state index in [1.54, 1.807) is 0 Å². The fourth-order valence-corrected chi connectivity index (χ4v) is 3.51. The van der Waals surface area contributed by atoms with E-state index in [2.05, 4.69) is 17.0 Å². The molecule has 2 aromatic carbocycles. The third-order valence-electron chi connectivity index (χ3n) is 5.13. The zero-order valence-electron chi connectivity index (χ0n) is 15.8. The van der Waals surface area contributed by atoms with Crippen molar-refractivity contribution in [1.29, 1.82) is 0 Å². The molecule has 0 aliphatic carbocycles. The Hall–Kier alpha value is -1.88. The Morgan fingerprint density at radius 2 is 1.70 bits per heavy atom. The van der Waals surface area contributed by atoms with Gasteiger partial charge in [0.05, 0.1) is 13.2 Å². The van der Waals surface area contributed by atoms with Crippen molar-refractivity contribution in [3.8, 4) is 0 Å². The number of morpholine rings is 1. The summed E-state index contributed by atoms with van der Waals surface area (Å²) in [6, 6.07) is 18.0. The van der Waals surface area contributed by atoms with E-state index in [1.807, 2.05) is 54.4 Å². The molecule has 1 aliphatic rings. The Kier molecular flexibility index (Phi) is 7.27. The Labute approximate surface area is 166 Å². The fourth-order valence-electron chi connectivity index (χ4n) is 3.38. The Morgan fingerprint density at radius 3 is 2.37 bits per heavy atom. The molecule has 4 nitrogen and oxygen atoms in total. The van der Waals surface area contributed by atoms with Gasteiger partial charge in [0.2, 0.25) is 5.91 Å². The summed E-state index contributed by atoms with van der Waals surface area (Å²) >= 11 is 6.04. The average molecular weight is 387 g/mol. The van der Waals surface area contributed by atoms with Crippen molar-refractivity contribution in [2.45, 2.75) is 12.3 Å². The molecule has 1 unspecified atom stereocenters. The van der Waals surface area contributed by atoms with Gasteiger partial charge in [-0.15, -0.1) is 0 Å². The van der Waals surface area contributed by atoms with E-state index in [9.17, 15) is 4.79 Å². The molecule has 0 spiro atoms. The minimum absolute atomic E-state index is 0.0294. The van der Waals surface area contributed by atoms with Gasteiger partial charge < -0.3 is 9.64 Å². The summed E-state index contributed by atoms with van der Waals surface area (Å²) in [5.74, 6) is 0.189. The lowest BCUT2D eigenvalue weighted by Gasteiger charge is -2.29. The zero-order chi connectivity index (χ0) is 19.1. The topological polar surface area (TPSA) is 32.8 Å². The molecule has 1 saturated heterocycles. The third kappa shape index (κ3) is 5.80. The van der Waals surface area contributed by atoms with E-state index in [-0.39, 0.29) is 11.8 Å². The van der Waals surface area contributed by atoms with Crippen LogP contribution < -0.4 is 0 Å². The monoisotopic (exact) mass is 386 g/mol. The van der Waals surface area contributed by atoms with Crippen LogP contribution in [0.2, 0.25) is 5.02 Å². The van der Waals surface area contributed by atoms with Gasteiger partial charge in [0, 0.05) is 50.6 Å². The first-order valence-electron chi connectivity index (χ1n) is 9.48. The maximum Gasteiger partial charge on any atom is 0.223 e. The zero-order valence-corrected chi connectivity index (χ0v) is 16.6. The van der Waals surface area contributed by atoms with E-state index in [0.29, 0.717) is 11.4 Å². The molecule has 1 fully saturated rings. The lowest BCUT2D eigenvalue weighted by atomic mass is 9.88. The van der Waals surface area contributed by atoms with E-state index < -0.39 is 0 Å². The summed E-state index contributed by atoms with van der Waals surface area (Å²) in [6.07, 6.45) is 0.450. The number of hydrogen-bond acceptors (Lipinski definition) is 3. The Bertz CT molecular complexity index is 715. The first-order valence-corrected chi connectivity index (χ1v) is 9.86. The number of ether oxygens (including phenoxy) is 1. The van der Waals surface area contributed by atoms with Crippen LogP contribution in [0.3, 0.4) is 0 Å². The number of nitrogens with zero attached hydrogens (tertiary/aromatic N) is 2. The molecule has 0 aromatic heterocycles. The second-order valence-corrected chi connectivity index (χ2v) is 7.42. The highest BCUT2D eigenvalue weighted by atomic mass is 35.5. The van der Waals surface area contributed by atoms with Crippen LogP contribution in [0.15, 0.2) is 54.6 Å². The number of rotatable bonds is 7. The summed E-state index contributed by atoms with van der Waals surface area (Å²) in [7, 11) is 1.90. The smallest absolute Gasteiger partial charge is 0.223 e. The first-order chi connectivity index (χ1) is 13.1. The molecule has 0 bridgehead atoms. The lowest BCUT2D eigenvalue weighted by Crippen LogP contribution is -2.42. The highest BCUT2D eigenvalue weighted by Crippen LogP contribution is 2.29. The number of halogens is 1. The van der Waals surface area contributed by atoms with Gasteiger partial charge in [-0.2, -0.15) is 0 Å². The van der Waals surface area contributed by atoms with Gasteiger partial charge in [-0.3, -0.25) is 9.69 Å². The van der Waals surface area contributed by atoms with Gasteiger partial charge in [0.15, 0.2) is 0 Å². The molecular formula is C22H27ClN2O2. The highest BCUT2D eigenvalue weighted by molar-refractivity contribution is 6.30. The van der Waals surface area contributed by atoms with Crippen molar-refractivity contribution in [3.63, 3.8) is 0 Å². The molecule has 1 heterocycles. The first kappa shape index (κ1) is 19.9. The Morgan fingerprint density at radius 1 is 1.07 bits per heavy atom. The predicted octanol–water partition coefficient (Wildman–Crippen LogP) is 3.65. The maximum absolute atomic E-state index is 12.9. The van der Waals surface area contributed by atoms with Gasteiger partial charge in [0.25, 0.3) is 0 Å². The summed E-state index contributed by atoms with van der Waals surface area (Å²) < 4.78 is 5.38. The van der Waals surface area contributed by atoms with Gasteiger partial charge in [-0.05, 0) is 23.3 Å². The van der Waals surface area contributed by atoms with Gasteiger partial charge in [0.1, 0.15) is 0 Å². The molecule has 1 aliphatic heterocycles. The molecular weight excluding hydrogens is 360 g/mol. The van der Waals surface area contributed by atoms with Gasteiger partial charge in [-0.1, -0.05) is 54.1 Å². The molecule has 5 heteroatoms. The molecule has 144 valence electrons. The number of carbonyl (C=O) groups is 1. The van der Waals surface area contributed by atoms with Crippen LogP contribution >= 0.6 is 11.6 Å². The van der Waals surface area contributed by atoms with Gasteiger partial charge in [-0.25, -0.2) is 0 Å². The van der Waals surface area contributed by atoms with Crippen LogP contribution in [0.25, 0.3) is 0 Å². The summed E-state index contributed by atoms with van der Waals surface area (Å²) in [4.78, 5) is 17.1. The SMILES string of the molecule is CN(CCN1CCOCC1)C(=O)CC(c1ccccc1)c1ccc(Cl)cc1. The number of amides is 1. The minimum atomic E-state index is 0.0294. The fraction of sp³-hybridized carbons (Fsp3) is 0.409. The van der Waals surface area contributed by atoms with E-state index >= 15 is 0 Å². The van der Waals surface area contributed by atoms with E-state index in [1.165, 1.54) is 0 Å². The molecule has 0 radical (unpaired) electrons. The van der Waals surface area contributed by atoms with Crippen molar-refractivity contribution in [3.05, 3.63) is 70.7 Å². The molecule has 0 N–H and O–H groups in total. The van der Waals surface area contributed by atoms with Crippen LogP contribution in [0.1, 0.15) is 23.5 Å². The lowest BCUT2D eigenvalue weighted by molar-refractivity contribution is -0.130. The van der Waals surface area contributed by atoms with Crippen molar-refractivity contribution < 1.29 is 9.53 Å². The standard InChI is InChI=1S/C22H27ClN2O2/c1-24(11-12-25-13-15-27-16-14-25)22(26)17-21(18-5-3-2-4-6-18)19-7-9-20(23)10-8-19/h2-10,21H,11-17H2,1H3. The van der Waals surface area contributed by atoms with Crippen LogP contribution in [-0.2, 0) is 9.53 Å². The summed E-state index contributed by atoms with van der Waals surface area (Å²) in [6.45, 7) is 5.08. The highest BCUT2D eigenvalue weighted by Gasteiger charge is 2.21. The van der Waals surface area contributed by atoms with Crippen LogP contribution in [0, 0.1) is 0 Å². The number of likely N-dealkylation sites (N-methyl/N-ethyl adjacent to an activating group) is 1. The average Bonchev–Trinajstić information content (AvgIpc) is 2.72. The Balaban J connectivity index is 1.65. The normalized spacial score (nSPS) is 16.1. The van der Waals surface area contributed by atoms with Crippen molar-refractivity contribution in [1.82, 2.24) is 9.80 Å². The van der Waals surface area contributed by atoms with E-state index in [0.717, 1.165) is 50.5 Å². The van der Waals surface area contributed by atoms with E-state index in [4.69, 9.17) is 16.3 Å². The van der Waals surface area contributed by atoms with Gasteiger partial charge >= 0.3 is 0 Å². The quantitative estimate of drug-likeness (QED) is 0.728. The number of carbonyl (C=O) groups excluding carboxylic acids is 1. The molecule has 2 aromatic rings. The van der Waals surface area contributed by atoms with Crippen LogP contribution in [-0.4, -0.2) is 62.1 Å². The number of benzene rings is 2. The molecule has 0 saturated carbocycles. The molecule has 27 heavy (non-hydrogen) atoms. The minimum Gasteiger partial charge on any atom is -0.379 e. The largest absolute Gasteiger partial charge is 0.379 e. The van der Waals surface area contributed by atoms with Crippen LogP contribution in [0.4, 0.5) is 0 Å². The summed E-state index contributed by atoms with van der Waals surface area (Å²) in [5, 5.41) is 0.708. The third-order valence-corrected chi connectivity index (χ3v) is 5.39. The second kappa shape index (κ2) is 9.88. The van der Waals surface area contributed by atoms with Crippen molar-refractivity contribution >= 4 is 17.5 Å². The molecule has 1 atom stereocenters. The molecule has 1 amide bonds. The second-order valence-electron chi connectivity index (χ2n) is 6.99. The molecule has 3 rings (SSSR count).